The molecule has 0 spiro atoms. The van der Waals surface area contributed by atoms with Gasteiger partial charge < -0.3 is 10.1 Å². The van der Waals surface area contributed by atoms with Gasteiger partial charge in [0.05, 0.1) is 17.7 Å². The Labute approximate surface area is 151 Å². The summed E-state index contributed by atoms with van der Waals surface area (Å²) in [5, 5.41) is 2.37. The zero-order chi connectivity index (χ0) is 19.3. The SMILES string of the molecule is C#CCNC(=O)COC(=O)[C@H]([C@@H](C)CC)N1C(=O)c2ccccc2C1=O. The van der Waals surface area contributed by atoms with Crippen molar-refractivity contribution in [3.63, 3.8) is 0 Å². The van der Waals surface area contributed by atoms with Crippen LogP contribution in [0.1, 0.15) is 41.0 Å². The molecule has 0 aliphatic carbocycles. The van der Waals surface area contributed by atoms with Crippen LogP contribution in [-0.4, -0.2) is 47.8 Å². The van der Waals surface area contributed by atoms with E-state index in [1.54, 1.807) is 31.2 Å². The van der Waals surface area contributed by atoms with Crippen molar-refractivity contribution in [2.45, 2.75) is 26.3 Å². The van der Waals surface area contributed by atoms with Gasteiger partial charge >= 0.3 is 5.97 Å². The zero-order valence-electron chi connectivity index (χ0n) is 14.7. The average molecular weight is 356 g/mol. The van der Waals surface area contributed by atoms with Gasteiger partial charge in [-0.15, -0.1) is 6.42 Å². The van der Waals surface area contributed by atoms with Crippen LogP contribution in [0, 0.1) is 18.3 Å². The number of rotatable bonds is 7. The normalized spacial score (nSPS) is 15.0. The van der Waals surface area contributed by atoms with Crippen molar-refractivity contribution in [3.05, 3.63) is 35.4 Å². The standard InChI is InChI=1S/C19H20N2O5/c1-4-10-20-15(22)11-26-19(25)16(12(3)5-2)21-17(23)13-8-6-7-9-14(13)18(21)24/h1,6-9,12,16H,5,10-11H2,2-3H3,(H,20,22)/t12-,16-/m0/s1. The first kappa shape index (κ1) is 19.2. The van der Waals surface area contributed by atoms with E-state index in [4.69, 9.17) is 11.2 Å². The molecule has 136 valence electrons. The van der Waals surface area contributed by atoms with Crippen molar-refractivity contribution < 1.29 is 23.9 Å². The van der Waals surface area contributed by atoms with E-state index in [1.807, 2.05) is 6.92 Å². The number of fused-ring (bicyclic) bond motifs is 1. The van der Waals surface area contributed by atoms with Crippen LogP contribution in [0.2, 0.25) is 0 Å². The fraction of sp³-hybridized carbons (Fsp3) is 0.368. The van der Waals surface area contributed by atoms with Crippen LogP contribution in [0.3, 0.4) is 0 Å². The minimum atomic E-state index is -1.10. The summed E-state index contributed by atoms with van der Waals surface area (Å²) in [5.74, 6) is -0.532. The largest absolute Gasteiger partial charge is 0.454 e. The molecule has 0 saturated carbocycles. The summed E-state index contributed by atoms with van der Waals surface area (Å²) < 4.78 is 5.03. The molecule has 0 saturated heterocycles. The summed E-state index contributed by atoms with van der Waals surface area (Å²) in [6.07, 6.45) is 5.58. The average Bonchev–Trinajstić information content (AvgIpc) is 2.90. The summed E-state index contributed by atoms with van der Waals surface area (Å²) in [6, 6.07) is 5.29. The van der Waals surface area contributed by atoms with Crippen LogP contribution >= 0.6 is 0 Å². The Bertz CT molecular complexity index is 745. The Morgan fingerprint density at radius 3 is 2.31 bits per heavy atom. The fourth-order valence-electron chi connectivity index (χ4n) is 2.70. The Morgan fingerprint density at radius 2 is 1.81 bits per heavy atom. The van der Waals surface area contributed by atoms with Crippen molar-refractivity contribution in [1.29, 1.82) is 0 Å². The molecule has 0 aromatic heterocycles. The van der Waals surface area contributed by atoms with Gasteiger partial charge in [-0.2, -0.15) is 0 Å². The molecule has 2 rings (SSSR count). The van der Waals surface area contributed by atoms with E-state index in [1.165, 1.54) is 0 Å². The molecule has 1 aliphatic rings. The monoisotopic (exact) mass is 356 g/mol. The number of benzene rings is 1. The Hall–Kier alpha value is -3.14. The topological polar surface area (TPSA) is 92.8 Å². The number of esters is 1. The third kappa shape index (κ3) is 3.75. The molecule has 7 heteroatoms. The number of amides is 3. The van der Waals surface area contributed by atoms with Gasteiger partial charge in [-0.1, -0.05) is 38.3 Å². The zero-order valence-corrected chi connectivity index (χ0v) is 14.7. The minimum Gasteiger partial charge on any atom is -0.454 e. The summed E-state index contributed by atoms with van der Waals surface area (Å²) in [7, 11) is 0. The highest BCUT2D eigenvalue weighted by Crippen LogP contribution is 2.28. The Morgan fingerprint density at radius 1 is 1.23 bits per heavy atom. The third-order valence-corrected chi connectivity index (χ3v) is 4.26. The van der Waals surface area contributed by atoms with Crippen LogP contribution in [0.5, 0.6) is 0 Å². The van der Waals surface area contributed by atoms with Gasteiger partial charge in [0.2, 0.25) is 0 Å². The summed E-state index contributed by atoms with van der Waals surface area (Å²) in [6.45, 7) is 3.07. The molecule has 1 heterocycles. The molecule has 0 unspecified atom stereocenters. The molecule has 0 bridgehead atoms. The maximum atomic E-state index is 12.6. The van der Waals surface area contributed by atoms with E-state index in [2.05, 4.69) is 11.2 Å². The number of imide groups is 1. The lowest BCUT2D eigenvalue weighted by Crippen LogP contribution is -2.49. The van der Waals surface area contributed by atoms with Gasteiger partial charge in [-0.25, -0.2) is 4.79 Å². The smallest absolute Gasteiger partial charge is 0.330 e. The molecular weight excluding hydrogens is 336 g/mol. The Balaban J connectivity index is 2.20. The van der Waals surface area contributed by atoms with Crippen molar-refractivity contribution in [3.8, 4) is 12.3 Å². The van der Waals surface area contributed by atoms with E-state index < -0.39 is 36.3 Å². The molecular formula is C19H20N2O5. The van der Waals surface area contributed by atoms with Crippen molar-refractivity contribution in [2.75, 3.05) is 13.2 Å². The molecule has 1 aromatic carbocycles. The van der Waals surface area contributed by atoms with Crippen LogP contribution in [0.4, 0.5) is 0 Å². The van der Waals surface area contributed by atoms with Crippen LogP contribution in [-0.2, 0) is 14.3 Å². The molecule has 1 aromatic rings. The number of nitrogens with zero attached hydrogens (tertiary/aromatic N) is 1. The van der Waals surface area contributed by atoms with Gasteiger partial charge in [0.1, 0.15) is 6.04 Å². The number of hydrogen-bond donors (Lipinski definition) is 1. The number of ether oxygens (including phenoxy) is 1. The fourth-order valence-corrected chi connectivity index (χ4v) is 2.70. The highest BCUT2D eigenvalue weighted by molar-refractivity contribution is 6.22. The second-order valence-electron chi connectivity index (χ2n) is 5.94. The predicted molar refractivity (Wildman–Crippen MR) is 93.0 cm³/mol. The number of carbonyl (C=O) groups is 4. The van der Waals surface area contributed by atoms with Crippen molar-refractivity contribution in [2.24, 2.45) is 5.92 Å². The Kier molecular flexibility index (Phi) is 6.12. The van der Waals surface area contributed by atoms with E-state index in [-0.39, 0.29) is 23.6 Å². The first-order valence-corrected chi connectivity index (χ1v) is 8.26. The molecule has 1 N–H and O–H groups in total. The number of carbonyl (C=O) groups excluding carboxylic acids is 4. The minimum absolute atomic E-state index is 0.0174. The number of terminal acetylenes is 1. The molecule has 0 fully saturated rings. The lowest BCUT2D eigenvalue weighted by molar-refractivity contribution is -0.153. The van der Waals surface area contributed by atoms with E-state index in [9.17, 15) is 19.2 Å². The highest BCUT2D eigenvalue weighted by atomic mass is 16.5. The number of hydrogen-bond acceptors (Lipinski definition) is 5. The van der Waals surface area contributed by atoms with Crippen molar-refractivity contribution in [1.82, 2.24) is 10.2 Å². The third-order valence-electron chi connectivity index (χ3n) is 4.26. The van der Waals surface area contributed by atoms with E-state index >= 15 is 0 Å². The molecule has 0 radical (unpaired) electrons. The highest BCUT2D eigenvalue weighted by Gasteiger charge is 2.45. The van der Waals surface area contributed by atoms with Gasteiger partial charge in [-0.3, -0.25) is 19.3 Å². The van der Waals surface area contributed by atoms with Crippen LogP contribution < -0.4 is 5.32 Å². The van der Waals surface area contributed by atoms with Crippen LogP contribution in [0.25, 0.3) is 0 Å². The molecule has 26 heavy (non-hydrogen) atoms. The van der Waals surface area contributed by atoms with Crippen LogP contribution in [0.15, 0.2) is 24.3 Å². The van der Waals surface area contributed by atoms with Gasteiger partial charge in [0.25, 0.3) is 17.7 Å². The van der Waals surface area contributed by atoms with Crippen molar-refractivity contribution >= 4 is 23.7 Å². The first-order chi connectivity index (χ1) is 12.4. The quantitative estimate of drug-likeness (QED) is 0.447. The van der Waals surface area contributed by atoms with E-state index in [0.29, 0.717) is 6.42 Å². The lowest BCUT2D eigenvalue weighted by Gasteiger charge is -2.28. The maximum absolute atomic E-state index is 12.6. The number of nitrogens with one attached hydrogen (secondary N) is 1. The summed E-state index contributed by atoms with van der Waals surface area (Å²) in [5.41, 5.74) is 0.510. The molecule has 2 atom stereocenters. The molecule has 3 amide bonds. The second-order valence-corrected chi connectivity index (χ2v) is 5.94. The van der Waals surface area contributed by atoms with Gasteiger partial charge in [0.15, 0.2) is 6.61 Å². The molecule has 7 nitrogen and oxygen atoms in total. The predicted octanol–water partition coefficient (Wildman–Crippen LogP) is 0.990. The first-order valence-electron chi connectivity index (χ1n) is 8.26. The van der Waals surface area contributed by atoms with E-state index in [0.717, 1.165) is 4.90 Å². The van der Waals surface area contributed by atoms with Gasteiger partial charge in [0, 0.05) is 0 Å². The second kappa shape index (κ2) is 8.30. The maximum Gasteiger partial charge on any atom is 0.330 e. The van der Waals surface area contributed by atoms with Gasteiger partial charge in [-0.05, 0) is 18.1 Å². The summed E-state index contributed by atoms with van der Waals surface area (Å²) >= 11 is 0. The summed E-state index contributed by atoms with van der Waals surface area (Å²) in [4.78, 5) is 50.4. The molecule has 1 aliphatic heterocycles. The lowest BCUT2D eigenvalue weighted by atomic mass is 9.97.